The summed E-state index contributed by atoms with van der Waals surface area (Å²) < 4.78 is 7.45. The SMILES string of the molecule is CC[n+]1c(/C=C/C=C2/N(C)c3cc(Cl)ccc3N2CCCOC(C)=O)ccc2ccccc21. The molecule has 2 aromatic carbocycles. The molecule has 170 valence electrons. The lowest BCUT2D eigenvalue weighted by Crippen LogP contribution is -2.36. The third kappa shape index (κ3) is 4.88. The lowest BCUT2D eigenvalue weighted by molar-refractivity contribution is -0.669. The van der Waals surface area contributed by atoms with E-state index in [1.54, 1.807) is 0 Å². The summed E-state index contributed by atoms with van der Waals surface area (Å²) in [6.07, 6.45) is 7.09. The van der Waals surface area contributed by atoms with Gasteiger partial charge >= 0.3 is 5.97 Å². The topological polar surface area (TPSA) is 36.7 Å². The molecule has 0 saturated heterocycles. The zero-order valence-electron chi connectivity index (χ0n) is 19.3. The number of anilines is 2. The Morgan fingerprint density at radius 1 is 1.12 bits per heavy atom. The Kier molecular flexibility index (Phi) is 6.99. The summed E-state index contributed by atoms with van der Waals surface area (Å²) in [6.45, 7) is 5.63. The molecule has 0 N–H and O–H groups in total. The minimum absolute atomic E-state index is 0.251. The van der Waals surface area contributed by atoms with Crippen LogP contribution in [0, 0.1) is 0 Å². The van der Waals surface area contributed by atoms with E-state index in [4.69, 9.17) is 16.3 Å². The lowest BCUT2D eigenvalue weighted by Gasteiger charge is -2.22. The molecule has 0 unspecified atom stereocenters. The molecule has 3 aromatic rings. The molecule has 0 radical (unpaired) electrons. The number of hydrogen-bond acceptors (Lipinski definition) is 4. The molecule has 0 aliphatic carbocycles. The van der Waals surface area contributed by atoms with Gasteiger partial charge in [-0.05, 0) is 49.8 Å². The van der Waals surface area contributed by atoms with Crippen molar-refractivity contribution in [1.29, 1.82) is 0 Å². The van der Waals surface area contributed by atoms with Crippen molar-refractivity contribution in [3.05, 3.63) is 83.3 Å². The number of pyridine rings is 1. The number of carbonyl (C=O) groups is 1. The van der Waals surface area contributed by atoms with Gasteiger partial charge in [0, 0.05) is 49.1 Å². The zero-order chi connectivity index (χ0) is 23.4. The molecular weight excluding hydrogens is 434 g/mol. The number of esters is 1. The van der Waals surface area contributed by atoms with E-state index < -0.39 is 0 Å². The van der Waals surface area contributed by atoms with Crippen LogP contribution in [-0.4, -0.2) is 26.2 Å². The highest BCUT2D eigenvalue weighted by Crippen LogP contribution is 2.42. The Balaban J connectivity index is 1.63. The van der Waals surface area contributed by atoms with Crippen molar-refractivity contribution in [1.82, 2.24) is 0 Å². The molecule has 0 atom stereocenters. The highest BCUT2D eigenvalue weighted by Gasteiger charge is 2.28. The number of rotatable bonds is 7. The van der Waals surface area contributed by atoms with Gasteiger partial charge in [-0.3, -0.25) is 4.79 Å². The highest BCUT2D eigenvalue weighted by atomic mass is 35.5. The highest BCUT2D eigenvalue weighted by molar-refractivity contribution is 6.31. The monoisotopic (exact) mass is 462 g/mol. The smallest absolute Gasteiger partial charge is 0.302 e. The summed E-state index contributed by atoms with van der Waals surface area (Å²) in [6, 6.07) is 18.7. The molecular formula is C27H29ClN3O2+. The van der Waals surface area contributed by atoms with Crippen LogP contribution < -0.4 is 14.4 Å². The maximum Gasteiger partial charge on any atom is 0.302 e. The standard InChI is InChI=1S/C27H29ClN3O2/c1-4-30-23(15-13-21-9-5-6-11-24(21)30)10-7-12-27-29(3)26-19-22(28)14-16-25(26)31(27)17-8-18-33-20(2)32/h5-7,9-16,19H,4,8,17-18H2,1-3H3/q+1. The summed E-state index contributed by atoms with van der Waals surface area (Å²) in [7, 11) is 2.04. The van der Waals surface area contributed by atoms with Crippen LogP contribution >= 0.6 is 11.6 Å². The summed E-state index contributed by atoms with van der Waals surface area (Å²) in [4.78, 5) is 15.5. The van der Waals surface area contributed by atoms with Crippen molar-refractivity contribution in [2.45, 2.75) is 26.8 Å². The Morgan fingerprint density at radius 3 is 2.73 bits per heavy atom. The third-order valence-corrected chi connectivity index (χ3v) is 6.08. The van der Waals surface area contributed by atoms with Gasteiger partial charge in [0.2, 0.25) is 11.2 Å². The van der Waals surface area contributed by atoms with Crippen molar-refractivity contribution >= 4 is 45.9 Å². The number of aryl methyl sites for hydroxylation is 1. The molecule has 0 saturated carbocycles. The number of nitrogens with zero attached hydrogens (tertiary/aromatic N) is 3. The number of ether oxygens (including phenoxy) is 1. The predicted octanol–water partition coefficient (Wildman–Crippen LogP) is 5.56. The van der Waals surface area contributed by atoms with Gasteiger partial charge in [0.1, 0.15) is 12.4 Å². The molecule has 0 spiro atoms. The number of carbonyl (C=O) groups excluding carboxylic acids is 1. The fraction of sp³-hybridized carbons (Fsp3) is 0.259. The van der Waals surface area contributed by atoms with Crippen molar-refractivity contribution < 1.29 is 14.1 Å². The van der Waals surface area contributed by atoms with Gasteiger partial charge in [-0.15, -0.1) is 0 Å². The van der Waals surface area contributed by atoms with Crippen molar-refractivity contribution in [3.8, 4) is 0 Å². The van der Waals surface area contributed by atoms with Crippen LogP contribution in [0.1, 0.15) is 26.0 Å². The maximum absolute atomic E-state index is 11.1. The molecule has 6 heteroatoms. The number of aromatic nitrogens is 1. The molecule has 0 fully saturated rings. The minimum Gasteiger partial charge on any atom is -0.466 e. The zero-order valence-corrected chi connectivity index (χ0v) is 20.0. The number of para-hydroxylation sites is 1. The van der Waals surface area contributed by atoms with E-state index in [1.807, 2.05) is 25.2 Å². The normalized spacial score (nSPS) is 14.5. The molecule has 1 aromatic heterocycles. The van der Waals surface area contributed by atoms with Crippen LogP contribution in [-0.2, 0) is 16.1 Å². The Morgan fingerprint density at radius 2 is 1.94 bits per heavy atom. The van der Waals surface area contributed by atoms with Crippen LogP contribution in [0.5, 0.6) is 0 Å². The maximum atomic E-state index is 11.1. The Bertz CT molecular complexity index is 1240. The van der Waals surface area contributed by atoms with E-state index in [2.05, 4.69) is 75.9 Å². The lowest BCUT2D eigenvalue weighted by atomic mass is 10.2. The molecule has 1 aliphatic rings. The van der Waals surface area contributed by atoms with Gasteiger partial charge in [0.15, 0.2) is 0 Å². The van der Waals surface area contributed by atoms with Crippen molar-refractivity contribution in [3.63, 3.8) is 0 Å². The molecule has 0 bridgehead atoms. The van der Waals surface area contributed by atoms with E-state index in [0.29, 0.717) is 11.6 Å². The van der Waals surface area contributed by atoms with Crippen molar-refractivity contribution in [2.75, 3.05) is 30.0 Å². The van der Waals surface area contributed by atoms with Crippen molar-refractivity contribution in [2.24, 2.45) is 0 Å². The fourth-order valence-corrected chi connectivity index (χ4v) is 4.47. The van der Waals surface area contributed by atoms with E-state index in [1.165, 1.54) is 17.8 Å². The van der Waals surface area contributed by atoms with E-state index in [9.17, 15) is 4.79 Å². The Hall–Kier alpha value is -3.31. The minimum atomic E-state index is -0.251. The quantitative estimate of drug-likeness (QED) is 0.261. The van der Waals surface area contributed by atoms with Crippen LogP contribution in [0.3, 0.4) is 0 Å². The number of halogens is 1. The molecule has 0 amide bonds. The van der Waals surface area contributed by atoms with Gasteiger partial charge in [0.05, 0.1) is 18.0 Å². The second-order valence-corrected chi connectivity index (χ2v) is 8.42. The second kappa shape index (κ2) is 10.1. The van der Waals surface area contributed by atoms with Crippen LogP contribution in [0.15, 0.2) is 72.6 Å². The average Bonchev–Trinajstić information content (AvgIpc) is 3.06. The number of allylic oxidation sites excluding steroid dienone is 2. The van der Waals surface area contributed by atoms with Gasteiger partial charge in [-0.2, -0.15) is 4.57 Å². The summed E-state index contributed by atoms with van der Waals surface area (Å²) in [5.41, 5.74) is 4.53. The molecule has 33 heavy (non-hydrogen) atoms. The number of benzene rings is 2. The second-order valence-electron chi connectivity index (χ2n) is 7.98. The molecule has 4 rings (SSSR count). The molecule has 5 nitrogen and oxygen atoms in total. The van der Waals surface area contributed by atoms with E-state index >= 15 is 0 Å². The Labute approximate surface area is 200 Å². The first kappa shape index (κ1) is 22.9. The molecule has 1 aliphatic heterocycles. The van der Waals surface area contributed by atoms with E-state index in [-0.39, 0.29) is 5.97 Å². The van der Waals surface area contributed by atoms with Gasteiger partial charge in [-0.25, -0.2) is 0 Å². The first-order valence-electron chi connectivity index (χ1n) is 11.2. The van der Waals surface area contributed by atoms with Gasteiger partial charge < -0.3 is 14.5 Å². The predicted molar refractivity (Wildman–Crippen MR) is 135 cm³/mol. The van der Waals surface area contributed by atoms with Crippen LogP contribution in [0.25, 0.3) is 17.0 Å². The van der Waals surface area contributed by atoms with E-state index in [0.717, 1.165) is 42.4 Å². The number of hydrogen-bond donors (Lipinski definition) is 0. The summed E-state index contributed by atoms with van der Waals surface area (Å²) in [5, 5.41) is 1.94. The fourth-order valence-electron chi connectivity index (χ4n) is 4.31. The van der Waals surface area contributed by atoms with Crippen LogP contribution in [0.4, 0.5) is 11.4 Å². The third-order valence-electron chi connectivity index (χ3n) is 5.84. The largest absolute Gasteiger partial charge is 0.466 e. The summed E-state index contributed by atoms with van der Waals surface area (Å²) >= 11 is 6.27. The first-order chi connectivity index (χ1) is 16.0. The van der Waals surface area contributed by atoms with Gasteiger partial charge in [-0.1, -0.05) is 29.8 Å². The average molecular weight is 463 g/mol. The van der Waals surface area contributed by atoms with Crippen LogP contribution in [0.2, 0.25) is 5.02 Å². The number of fused-ring (bicyclic) bond motifs is 2. The van der Waals surface area contributed by atoms with Gasteiger partial charge in [0.25, 0.3) is 0 Å². The summed E-state index contributed by atoms with van der Waals surface area (Å²) in [5.74, 6) is 0.800. The first-order valence-corrected chi connectivity index (χ1v) is 11.6. The molecule has 2 heterocycles.